The largest absolute Gasteiger partial charge is 0.604 e. The number of anilines is 1. The molecule has 25 heavy (non-hydrogen) atoms. The van der Waals surface area contributed by atoms with Crippen molar-refractivity contribution in [2.45, 2.75) is 0 Å². The van der Waals surface area contributed by atoms with E-state index < -0.39 is 7.12 Å². The SMILES string of the molecule is c1ccc(NOB(Oc2ccc3ccccc3c2)c2cnc[nH]2)cc1. The lowest BCUT2D eigenvalue weighted by Crippen LogP contribution is -2.42. The summed E-state index contributed by atoms with van der Waals surface area (Å²) in [5.74, 6) is 0.716. The van der Waals surface area contributed by atoms with Gasteiger partial charge in [0, 0.05) is 6.20 Å². The number of fused-ring (bicyclic) bond motifs is 1. The summed E-state index contributed by atoms with van der Waals surface area (Å²) in [5, 5.41) is 2.27. The minimum Gasteiger partial charge on any atom is -0.530 e. The summed E-state index contributed by atoms with van der Waals surface area (Å²) >= 11 is 0. The number of hydrogen-bond donors (Lipinski definition) is 2. The molecule has 3 aromatic carbocycles. The molecule has 0 atom stereocenters. The van der Waals surface area contributed by atoms with Crippen molar-refractivity contribution in [1.82, 2.24) is 9.97 Å². The summed E-state index contributed by atoms with van der Waals surface area (Å²) in [6.45, 7) is 0. The third kappa shape index (κ3) is 3.64. The van der Waals surface area contributed by atoms with Crippen LogP contribution in [0.3, 0.4) is 0 Å². The molecule has 0 amide bonds. The molecule has 0 saturated carbocycles. The zero-order valence-electron chi connectivity index (χ0n) is 13.4. The van der Waals surface area contributed by atoms with Crippen LogP contribution in [-0.2, 0) is 4.76 Å². The number of imidazole rings is 1. The summed E-state index contributed by atoms with van der Waals surface area (Å²) in [7, 11) is -0.663. The van der Waals surface area contributed by atoms with Gasteiger partial charge in [0.2, 0.25) is 0 Å². The standard InChI is InChI=1S/C19H16BN3O2/c1-2-8-17(9-3-1)23-25-20(19-13-21-14-22-19)24-18-11-10-15-6-4-5-7-16(15)12-18/h1-14,23H,(H,21,22). The Labute approximate surface area is 145 Å². The predicted molar refractivity (Wildman–Crippen MR) is 99.7 cm³/mol. The van der Waals surface area contributed by atoms with Gasteiger partial charge in [0.05, 0.1) is 17.6 Å². The highest BCUT2D eigenvalue weighted by Gasteiger charge is 2.26. The van der Waals surface area contributed by atoms with Crippen LogP contribution < -0.4 is 15.7 Å². The zero-order chi connectivity index (χ0) is 16.9. The van der Waals surface area contributed by atoms with Crippen LogP contribution in [0.1, 0.15) is 0 Å². The molecule has 0 aliphatic heterocycles. The second-order valence-corrected chi connectivity index (χ2v) is 5.55. The lowest BCUT2D eigenvalue weighted by Gasteiger charge is -2.16. The van der Waals surface area contributed by atoms with Crippen molar-refractivity contribution in [1.29, 1.82) is 0 Å². The van der Waals surface area contributed by atoms with E-state index in [0.717, 1.165) is 22.1 Å². The van der Waals surface area contributed by atoms with E-state index in [-0.39, 0.29) is 0 Å². The van der Waals surface area contributed by atoms with Crippen molar-refractivity contribution in [2.75, 3.05) is 5.48 Å². The molecule has 0 saturated heterocycles. The molecule has 6 heteroatoms. The minimum absolute atomic E-state index is 0.663. The Bertz CT molecular complexity index is 945. The average Bonchev–Trinajstić information content (AvgIpc) is 3.20. The van der Waals surface area contributed by atoms with E-state index in [9.17, 15) is 0 Å². The van der Waals surface area contributed by atoms with Gasteiger partial charge in [-0.1, -0.05) is 48.5 Å². The molecule has 0 fully saturated rings. The van der Waals surface area contributed by atoms with Crippen molar-refractivity contribution < 1.29 is 9.41 Å². The Morgan fingerprint density at radius 2 is 1.68 bits per heavy atom. The topological polar surface area (TPSA) is 59.2 Å². The lowest BCUT2D eigenvalue weighted by molar-refractivity contribution is 0.341. The van der Waals surface area contributed by atoms with Gasteiger partial charge in [-0.05, 0) is 35.0 Å². The van der Waals surface area contributed by atoms with Gasteiger partial charge >= 0.3 is 7.12 Å². The fraction of sp³-hybridized carbons (Fsp3) is 0. The fourth-order valence-corrected chi connectivity index (χ4v) is 2.54. The van der Waals surface area contributed by atoms with Crippen LogP contribution in [0.15, 0.2) is 85.3 Å². The molecule has 5 nitrogen and oxygen atoms in total. The maximum atomic E-state index is 6.03. The number of aromatic amines is 1. The molecule has 122 valence electrons. The average molecular weight is 329 g/mol. The Kier molecular flexibility index (Phi) is 4.35. The van der Waals surface area contributed by atoms with Gasteiger partial charge in [-0.3, -0.25) is 10.2 Å². The van der Waals surface area contributed by atoms with Crippen molar-refractivity contribution >= 4 is 29.2 Å². The smallest absolute Gasteiger partial charge is 0.530 e. The molecule has 1 aromatic heterocycles. The van der Waals surface area contributed by atoms with Gasteiger partial charge in [0.1, 0.15) is 5.75 Å². The maximum absolute atomic E-state index is 6.03. The maximum Gasteiger partial charge on any atom is 0.604 e. The number of para-hydroxylation sites is 1. The van der Waals surface area contributed by atoms with E-state index in [1.807, 2.05) is 60.7 Å². The van der Waals surface area contributed by atoms with Gasteiger partial charge in [-0.25, -0.2) is 4.98 Å². The highest BCUT2D eigenvalue weighted by molar-refractivity contribution is 6.61. The van der Waals surface area contributed by atoms with Crippen LogP contribution in [-0.4, -0.2) is 17.1 Å². The molecule has 0 aliphatic rings. The van der Waals surface area contributed by atoms with Crippen LogP contribution in [0.2, 0.25) is 0 Å². The summed E-state index contributed by atoms with van der Waals surface area (Å²) < 4.78 is 11.8. The zero-order valence-corrected chi connectivity index (χ0v) is 13.4. The van der Waals surface area contributed by atoms with E-state index in [2.05, 4.69) is 27.6 Å². The van der Waals surface area contributed by atoms with E-state index in [4.69, 9.17) is 9.41 Å². The normalized spacial score (nSPS) is 10.6. The molecule has 0 radical (unpaired) electrons. The second kappa shape index (κ2) is 7.11. The third-order valence-corrected chi connectivity index (χ3v) is 3.79. The molecule has 0 aliphatic carbocycles. The molecule has 0 bridgehead atoms. The second-order valence-electron chi connectivity index (χ2n) is 5.55. The number of rotatable bonds is 6. The number of nitrogens with one attached hydrogen (secondary N) is 2. The van der Waals surface area contributed by atoms with Crippen molar-refractivity contribution in [3.05, 3.63) is 85.3 Å². The predicted octanol–water partition coefficient (Wildman–Crippen LogP) is 3.38. The first-order valence-corrected chi connectivity index (χ1v) is 7.99. The summed E-state index contributed by atoms with van der Waals surface area (Å²) in [6, 6.07) is 23.7. The van der Waals surface area contributed by atoms with E-state index >= 15 is 0 Å². The van der Waals surface area contributed by atoms with Gasteiger partial charge in [0.25, 0.3) is 0 Å². The van der Waals surface area contributed by atoms with Crippen molar-refractivity contribution in [3.8, 4) is 5.75 Å². The number of nitrogens with zero attached hydrogens (tertiary/aromatic N) is 1. The van der Waals surface area contributed by atoms with E-state index in [0.29, 0.717) is 5.75 Å². The Morgan fingerprint density at radius 3 is 2.48 bits per heavy atom. The molecule has 0 unspecified atom stereocenters. The van der Waals surface area contributed by atoms with Crippen molar-refractivity contribution in [3.63, 3.8) is 0 Å². The summed E-state index contributed by atoms with van der Waals surface area (Å²) in [5.41, 5.74) is 4.48. The third-order valence-electron chi connectivity index (χ3n) is 3.79. The Morgan fingerprint density at radius 1 is 0.880 bits per heavy atom. The first kappa shape index (κ1) is 15.3. The molecule has 1 heterocycles. The molecule has 2 N–H and O–H groups in total. The van der Waals surface area contributed by atoms with Crippen LogP contribution in [0.4, 0.5) is 5.69 Å². The molecule has 0 spiro atoms. The van der Waals surface area contributed by atoms with E-state index in [1.165, 1.54) is 0 Å². The molecule has 4 aromatic rings. The Hall–Kier alpha value is -3.25. The number of aromatic nitrogens is 2. The van der Waals surface area contributed by atoms with E-state index in [1.54, 1.807) is 12.5 Å². The van der Waals surface area contributed by atoms with Crippen LogP contribution in [0, 0.1) is 0 Å². The summed E-state index contributed by atoms with van der Waals surface area (Å²) in [4.78, 5) is 7.08. The summed E-state index contributed by atoms with van der Waals surface area (Å²) in [6.07, 6.45) is 3.27. The number of H-pyrrole nitrogens is 1. The van der Waals surface area contributed by atoms with Gasteiger partial charge in [0.15, 0.2) is 0 Å². The first-order chi connectivity index (χ1) is 12.4. The molecular formula is C19H16BN3O2. The lowest BCUT2D eigenvalue weighted by atomic mass is 9.85. The quantitative estimate of drug-likeness (QED) is 0.421. The van der Waals surface area contributed by atoms with Gasteiger partial charge in [-0.15, -0.1) is 0 Å². The number of benzene rings is 3. The van der Waals surface area contributed by atoms with Gasteiger partial charge < -0.3 is 9.64 Å². The monoisotopic (exact) mass is 329 g/mol. The van der Waals surface area contributed by atoms with Gasteiger partial charge in [-0.2, -0.15) is 0 Å². The fourth-order valence-electron chi connectivity index (χ4n) is 2.54. The van der Waals surface area contributed by atoms with Crippen LogP contribution >= 0.6 is 0 Å². The number of hydrogen-bond acceptors (Lipinski definition) is 4. The molecular weight excluding hydrogens is 313 g/mol. The highest BCUT2D eigenvalue weighted by atomic mass is 16.7. The highest BCUT2D eigenvalue weighted by Crippen LogP contribution is 2.21. The van der Waals surface area contributed by atoms with Crippen LogP contribution in [0.25, 0.3) is 10.8 Å². The van der Waals surface area contributed by atoms with Crippen molar-refractivity contribution in [2.24, 2.45) is 0 Å². The first-order valence-electron chi connectivity index (χ1n) is 7.99. The molecule has 4 rings (SSSR count). The Balaban J connectivity index is 1.55. The minimum atomic E-state index is -0.663. The van der Waals surface area contributed by atoms with Crippen LogP contribution in [0.5, 0.6) is 5.75 Å².